The first kappa shape index (κ1) is 19.6. The molecule has 1 aromatic heterocycles. The van der Waals surface area contributed by atoms with E-state index in [4.69, 9.17) is 9.47 Å². The van der Waals surface area contributed by atoms with Crippen LogP contribution in [0.3, 0.4) is 0 Å². The topological polar surface area (TPSA) is 85.4 Å². The van der Waals surface area contributed by atoms with Crippen LogP contribution < -0.4 is 15.4 Å². The molecule has 0 unspecified atom stereocenters. The van der Waals surface area contributed by atoms with Crippen molar-refractivity contribution in [3.8, 4) is 5.88 Å². The van der Waals surface area contributed by atoms with Gasteiger partial charge in [0.1, 0.15) is 24.8 Å². The summed E-state index contributed by atoms with van der Waals surface area (Å²) >= 11 is 0. The van der Waals surface area contributed by atoms with Crippen molar-refractivity contribution in [2.75, 3.05) is 11.9 Å². The normalized spacial score (nSPS) is 24.1. The Bertz CT molecular complexity index is 1030. The van der Waals surface area contributed by atoms with E-state index in [0.29, 0.717) is 11.6 Å². The van der Waals surface area contributed by atoms with Gasteiger partial charge in [0.2, 0.25) is 5.88 Å². The molecule has 9 heteroatoms. The number of aromatic nitrogens is 2. The summed E-state index contributed by atoms with van der Waals surface area (Å²) in [4.78, 5) is 20.0. The largest absolute Gasteiger partial charge is 0.487 e. The molecule has 2 aliphatic rings. The number of hydrogen-bond donors (Lipinski definition) is 2. The molecule has 2 heterocycles. The Kier molecular flexibility index (Phi) is 5.42. The fourth-order valence-electron chi connectivity index (χ4n) is 3.30. The predicted molar refractivity (Wildman–Crippen MR) is 105 cm³/mol. The van der Waals surface area contributed by atoms with Crippen LogP contribution in [0.25, 0.3) is 0 Å². The summed E-state index contributed by atoms with van der Waals surface area (Å²) in [5, 5.41) is 5.28. The maximum atomic E-state index is 13.3. The third kappa shape index (κ3) is 4.14. The zero-order valence-electron chi connectivity index (χ0n) is 15.7. The predicted octanol–water partition coefficient (Wildman–Crippen LogP) is 3.35. The lowest BCUT2D eigenvalue weighted by molar-refractivity contribution is 0.210. The highest BCUT2D eigenvalue weighted by Crippen LogP contribution is 2.51. The van der Waals surface area contributed by atoms with Crippen molar-refractivity contribution in [3.63, 3.8) is 0 Å². The molecule has 0 spiro atoms. The number of ether oxygens (including phenoxy) is 2. The molecule has 3 atom stereocenters. The number of nitrogens with zero attached hydrogens (tertiary/aromatic N) is 2. The van der Waals surface area contributed by atoms with E-state index in [1.165, 1.54) is 12.4 Å². The molecule has 1 aliphatic heterocycles. The van der Waals surface area contributed by atoms with Gasteiger partial charge in [-0.2, -0.15) is 0 Å². The molecule has 1 saturated carbocycles. The van der Waals surface area contributed by atoms with E-state index in [9.17, 15) is 13.6 Å². The Morgan fingerprint density at radius 1 is 1.30 bits per heavy atom. The molecule has 2 amide bonds. The van der Waals surface area contributed by atoms with Crippen LogP contribution >= 0.6 is 0 Å². The highest BCUT2D eigenvalue weighted by molar-refractivity contribution is 5.90. The second-order valence-corrected chi connectivity index (χ2v) is 6.65. The molecule has 1 saturated heterocycles. The van der Waals surface area contributed by atoms with E-state index >= 15 is 0 Å². The van der Waals surface area contributed by atoms with Crippen LogP contribution in [0, 0.1) is 17.6 Å². The molecule has 1 aromatic carbocycles. The summed E-state index contributed by atoms with van der Waals surface area (Å²) in [6, 6.07) is 4.02. The standard InChI is InChI=1S/C21H18F2N4O3/c1-2-3-16-13(7-9-29-17-6-8-24-11-25-17)18-19(20(18)30-16)27-21(28)26-12-4-5-14(22)15(23)10-12/h2-8,10-11,18-20H,1,9H2,(H2,26,27,28)/b13-7+,16-3+/t18-,19+,20-/m0/s1. The second kappa shape index (κ2) is 8.32. The lowest BCUT2D eigenvalue weighted by atomic mass is 10.1. The van der Waals surface area contributed by atoms with Gasteiger partial charge in [-0.15, -0.1) is 0 Å². The number of nitrogens with one attached hydrogen (secondary N) is 2. The number of hydrogen-bond acceptors (Lipinski definition) is 5. The zero-order chi connectivity index (χ0) is 21.1. The minimum Gasteiger partial charge on any atom is -0.487 e. The minimum absolute atomic E-state index is 0.0408. The lowest BCUT2D eigenvalue weighted by Gasteiger charge is -2.13. The zero-order valence-corrected chi connectivity index (χ0v) is 15.7. The molecule has 0 bridgehead atoms. The van der Waals surface area contributed by atoms with Crippen LogP contribution in [0.5, 0.6) is 5.88 Å². The molecule has 2 fully saturated rings. The van der Waals surface area contributed by atoms with Crippen LogP contribution in [-0.2, 0) is 4.74 Å². The molecule has 0 radical (unpaired) electrons. The summed E-state index contributed by atoms with van der Waals surface area (Å²) < 4.78 is 37.8. The Morgan fingerprint density at radius 2 is 2.17 bits per heavy atom. The Labute approximate surface area is 171 Å². The van der Waals surface area contributed by atoms with Gasteiger partial charge in [-0.3, -0.25) is 0 Å². The van der Waals surface area contributed by atoms with E-state index in [-0.39, 0.29) is 30.4 Å². The summed E-state index contributed by atoms with van der Waals surface area (Å²) in [6.45, 7) is 3.95. The first-order valence-electron chi connectivity index (χ1n) is 9.18. The fourth-order valence-corrected chi connectivity index (χ4v) is 3.30. The number of rotatable bonds is 6. The van der Waals surface area contributed by atoms with E-state index in [2.05, 4.69) is 27.2 Å². The van der Waals surface area contributed by atoms with E-state index in [1.807, 2.05) is 6.08 Å². The molecule has 30 heavy (non-hydrogen) atoms. The maximum Gasteiger partial charge on any atom is 0.319 e. The van der Waals surface area contributed by atoms with Crippen LogP contribution in [0.2, 0.25) is 0 Å². The van der Waals surface area contributed by atoms with Gasteiger partial charge in [-0.25, -0.2) is 23.5 Å². The number of allylic oxidation sites excluding steroid dienone is 3. The van der Waals surface area contributed by atoms with Gasteiger partial charge in [0.05, 0.1) is 12.0 Å². The van der Waals surface area contributed by atoms with Crippen molar-refractivity contribution in [1.29, 1.82) is 0 Å². The number of halogens is 2. The van der Waals surface area contributed by atoms with Crippen LogP contribution in [-0.4, -0.2) is 34.8 Å². The monoisotopic (exact) mass is 412 g/mol. The van der Waals surface area contributed by atoms with Crippen LogP contribution in [0.15, 0.2) is 72.9 Å². The van der Waals surface area contributed by atoms with E-state index < -0.39 is 17.7 Å². The first-order valence-corrected chi connectivity index (χ1v) is 9.18. The quantitative estimate of drug-likeness (QED) is 0.760. The number of benzene rings is 1. The number of anilines is 1. The van der Waals surface area contributed by atoms with Gasteiger partial charge in [0.25, 0.3) is 0 Å². The Balaban J connectivity index is 1.38. The summed E-state index contributed by atoms with van der Waals surface area (Å²) in [5.74, 6) is -0.937. The molecule has 7 nitrogen and oxygen atoms in total. The fraction of sp³-hybridized carbons (Fsp3) is 0.190. The summed E-state index contributed by atoms with van der Waals surface area (Å²) in [5.41, 5.74) is 1.05. The number of carbonyl (C=O) groups is 1. The van der Waals surface area contributed by atoms with Crippen molar-refractivity contribution < 1.29 is 23.0 Å². The van der Waals surface area contributed by atoms with Crippen molar-refractivity contribution in [2.45, 2.75) is 12.1 Å². The van der Waals surface area contributed by atoms with Crippen molar-refractivity contribution in [1.82, 2.24) is 15.3 Å². The third-order valence-corrected chi connectivity index (χ3v) is 4.69. The number of urea groups is 1. The van der Waals surface area contributed by atoms with Gasteiger partial charge in [-0.1, -0.05) is 12.7 Å². The van der Waals surface area contributed by atoms with Gasteiger partial charge in [0.15, 0.2) is 11.6 Å². The highest BCUT2D eigenvalue weighted by atomic mass is 19.2. The average Bonchev–Trinajstić information content (AvgIpc) is 3.25. The second-order valence-electron chi connectivity index (χ2n) is 6.65. The first-order chi connectivity index (χ1) is 14.6. The van der Waals surface area contributed by atoms with E-state index in [0.717, 1.165) is 17.7 Å². The molecular formula is C21H18F2N4O3. The number of fused-ring (bicyclic) bond motifs is 1. The Morgan fingerprint density at radius 3 is 2.90 bits per heavy atom. The van der Waals surface area contributed by atoms with Gasteiger partial charge in [-0.05, 0) is 24.3 Å². The lowest BCUT2D eigenvalue weighted by Crippen LogP contribution is -2.34. The molecular weight excluding hydrogens is 394 g/mol. The van der Waals surface area contributed by atoms with Gasteiger partial charge >= 0.3 is 6.03 Å². The minimum atomic E-state index is -1.03. The molecule has 4 rings (SSSR count). The average molecular weight is 412 g/mol. The summed E-state index contributed by atoms with van der Waals surface area (Å²) in [7, 11) is 0. The van der Waals surface area contributed by atoms with E-state index in [1.54, 1.807) is 24.4 Å². The molecule has 2 N–H and O–H groups in total. The smallest absolute Gasteiger partial charge is 0.319 e. The van der Waals surface area contributed by atoms with Crippen molar-refractivity contribution >= 4 is 11.7 Å². The molecule has 154 valence electrons. The number of carbonyl (C=O) groups excluding carboxylic acids is 1. The Hall–Kier alpha value is -3.75. The SMILES string of the molecule is C=C/C=C1/O[C@@H]2[C@H](NC(=O)Nc3ccc(F)c(F)c3)[C@@H]2/C1=C/COc1ccncn1. The summed E-state index contributed by atoms with van der Waals surface area (Å²) in [6.07, 6.45) is 8.01. The van der Waals surface area contributed by atoms with Crippen molar-refractivity contribution in [3.05, 3.63) is 84.6 Å². The molecule has 2 aromatic rings. The van der Waals surface area contributed by atoms with Crippen LogP contribution in [0.1, 0.15) is 0 Å². The maximum absolute atomic E-state index is 13.3. The number of amides is 2. The van der Waals surface area contributed by atoms with Gasteiger partial charge < -0.3 is 20.1 Å². The highest BCUT2D eigenvalue weighted by Gasteiger charge is 2.61. The van der Waals surface area contributed by atoms with Crippen molar-refractivity contribution in [2.24, 2.45) is 5.92 Å². The molecule has 1 aliphatic carbocycles. The van der Waals surface area contributed by atoms with Crippen LogP contribution in [0.4, 0.5) is 19.3 Å². The van der Waals surface area contributed by atoms with Gasteiger partial charge in [0, 0.05) is 29.6 Å². The third-order valence-electron chi connectivity index (χ3n) is 4.69.